The normalized spacial score (nSPS) is 21.4. The largest absolute Gasteiger partial charge is 0.309 e. The lowest BCUT2D eigenvalue weighted by molar-refractivity contribution is 0.317. The van der Waals surface area contributed by atoms with Gasteiger partial charge in [-0.3, -0.25) is 0 Å². The van der Waals surface area contributed by atoms with Gasteiger partial charge in [-0.05, 0) is 46.5 Å². The molecule has 1 saturated carbocycles. The molecule has 0 radical (unpaired) electrons. The van der Waals surface area contributed by atoms with Gasteiger partial charge < -0.3 is 5.32 Å². The first-order valence-corrected chi connectivity index (χ1v) is 4.92. The van der Waals surface area contributed by atoms with E-state index in [1.54, 1.807) is 0 Å². The molecule has 12 heavy (non-hydrogen) atoms. The first kappa shape index (κ1) is 9.79. The first-order valence-electron chi connectivity index (χ1n) is 4.92. The highest BCUT2D eigenvalue weighted by Crippen LogP contribution is 2.23. The summed E-state index contributed by atoms with van der Waals surface area (Å²) in [6.45, 7) is 10.7. The maximum atomic E-state index is 4.02. The van der Waals surface area contributed by atoms with Gasteiger partial charge in [-0.2, -0.15) is 0 Å². The number of allylic oxidation sites excluding steroid dienone is 1. The molecule has 1 rings (SSSR count). The van der Waals surface area contributed by atoms with Crippen molar-refractivity contribution in [1.29, 1.82) is 0 Å². The van der Waals surface area contributed by atoms with Crippen LogP contribution >= 0.6 is 0 Å². The van der Waals surface area contributed by atoms with Crippen molar-refractivity contribution in [1.82, 2.24) is 5.32 Å². The summed E-state index contributed by atoms with van der Waals surface area (Å²) in [6.07, 6.45) is 4.98. The molecular weight excluding hydrogens is 146 g/mol. The summed E-state index contributed by atoms with van der Waals surface area (Å²) >= 11 is 0. The van der Waals surface area contributed by atoms with E-state index in [0.29, 0.717) is 0 Å². The summed E-state index contributed by atoms with van der Waals surface area (Å²) in [6, 6.07) is 0.718. The lowest BCUT2D eigenvalue weighted by atomic mass is 9.90. The fourth-order valence-electron chi connectivity index (χ4n) is 1.78. The maximum Gasteiger partial charge on any atom is 0.00991 e. The minimum absolute atomic E-state index is 0.267. The molecule has 0 spiro atoms. The van der Waals surface area contributed by atoms with Gasteiger partial charge in [0.2, 0.25) is 0 Å². The molecule has 0 aromatic heterocycles. The van der Waals surface area contributed by atoms with Crippen molar-refractivity contribution < 1.29 is 0 Å². The minimum Gasteiger partial charge on any atom is -0.309 e. The van der Waals surface area contributed by atoms with Gasteiger partial charge in [0.1, 0.15) is 0 Å². The predicted octanol–water partition coefficient (Wildman–Crippen LogP) is 2.87. The zero-order chi connectivity index (χ0) is 9.19. The third-order valence-corrected chi connectivity index (χ3v) is 2.33. The molecular formula is C11H21N. The van der Waals surface area contributed by atoms with Crippen LogP contribution in [-0.2, 0) is 0 Å². The Labute approximate surface area is 76.2 Å². The van der Waals surface area contributed by atoms with Gasteiger partial charge in [-0.15, -0.1) is 0 Å². The van der Waals surface area contributed by atoms with Crippen LogP contribution in [-0.4, -0.2) is 11.6 Å². The van der Waals surface area contributed by atoms with Crippen molar-refractivity contribution in [2.24, 2.45) is 0 Å². The molecule has 0 amide bonds. The highest BCUT2D eigenvalue weighted by atomic mass is 15.0. The highest BCUT2D eigenvalue weighted by molar-refractivity contribution is 5.00. The van der Waals surface area contributed by atoms with Crippen molar-refractivity contribution >= 4 is 0 Å². The molecule has 0 aromatic carbocycles. The van der Waals surface area contributed by atoms with Crippen LogP contribution in [0.1, 0.15) is 46.5 Å². The maximum absolute atomic E-state index is 4.02. The summed E-state index contributed by atoms with van der Waals surface area (Å²) in [7, 11) is 0. The van der Waals surface area contributed by atoms with Crippen LogP contribution < -0.4 is 5.32 Å². The van der Waals surface area contributed by atoms with Gasteiger partial charge in [0.15, 0.2) is 0 Å². The Morgan fingerprint density at radius 3 is 2.17 bits per heavy atom. The van der Waals surface area contributed by atoms with Crippen molar-refractivity contribution in [2.75, 3.05) is 0 Å². The number of nitrogens with one attached hydrogen (secondary N) is 1. The van der Waals surface area contributed by atoms with Crippen LogP contribution in [0.25, 0.3) is 0 Å². The van der Waals surface area contributed by atoms with Gasteiger partial charge >= 0.3 is 0 Å². The monoisotopic (exact) mass is 167 g/mol. The fourth-order valence-corrected chi connectivity index (χ4v) is 1.78. The van der Waals surface area contributed by atoms with Gasteiger partial charge in [-0.1, -0.05) is 12.2 Å². The van der Waals surface area contributed by atoms with E-state index in [9.17, 15) is 0 Å². The summed E-state index contributed by atoms with van der Waals surface area (Å²) in [4.78, 5) is 0. The lowest BCUT2D eigenvalue weighted by Crippen LogP contribution is -2.44. The Kier molecular flexibility index (Phi) is 2.94. The molecule has 0 aliphatic heterocycles. The molecule has 1 aliphatic carbocycles. The quantitative estimate of drug-likeness (QED) is 0.592. The van der Waals surface area contributed by atoms with E-state index >= 15 is 0 Å². The molecule has 1 heteroatoms. The van der Waals surface area contributed by atoms with Gasteiger partial charge in [-0.25, -0.2) is 0 Å². The molecule has 0 bridgehead atoms. The van der Waals surface area contributed by atoms with Crippen molar-refractivity contribution in [3.63, 3.8) is 0 Å². The Morgan fingerprint density at radius 2 is 1.75 bits per heavy atom. The molecule has 0 unspecified atom stereocenters. The number of hydrogen-bond acceptors (Lipinski definition) is 1. The Balaban J connectivity index is 2.31. The molecule has 0 heterocycles. The van der Waals surface area contributed by atoms with E-state index < -0.39 is 0 Å². The summed E-state index contributed by atoms with van der Waals surface area (Å²) in [5, 5.41) is 3.64. The topological polar surface area (TPSA) is 12.0 Å². The zero-order valence-electron chi connectivity index (χ0n) is 8.61. The van der Waals surface area contributed by atoms with Crippen LogP contribution in [0.5, 0.6) is 0 Å². The summed E-state index contributed by atoms with van der Waals surface area (Å²) < 4.78 is 0. The van der Waals surface area contributed by atoms with Crippen LogP contribution in [0.2, 0.25) is 0 Å². The van der Waals surface area contributed by atoms with E-state index in [1.165, 1.54) is 31.3 Å². The van der Waals surface area contributed by atoms with E-state index in [4.69, 9.17) is 0 Å². The molecule has 1 nitrogen and oxygen atoms in total. The molecule has 0 saturated heterocycles. The van der Waals surface area contributed by atoms with Crippen LogP contribution in [0.4, 0.5) is 0 Å². The highest BCUT2D eigenvalue weighted by Gasteiger charge is 2.20. The predicted molar refractivity (Wildman–Crippen MR) is 54.3 cm³/mol. The number of hydrogen-bond donors (Lipinski definition) is 1. The van der Waals surface area contributed by atoms with E-state index in [0.717, 1.165) is 6.04 Å². The Morgan fingerprint density at radius 1 is 1.25 bits per heavy atom. The van der Waals surface area contributed by atoms with E-state index in [-0.39, 0.29) is 5.54 Å². The first-order chi connectivity index (χ1) is 5.47. The molecule has 1 aliphatic rings. The number of rotatable bonds is 1. The fraction of sp³-hybridized carbons (Fsp3) is 0.818. The van der Waals surface area contributed by atoms with Crippen molar-refractivity contribution in [3.8, 4) is 0 Å². The second-order valence-electron chi connectivity index (χ2n) is 4.92. The minimum atomic E-state index is 0.267. The molecule has 1 N–H and O–H groups in total. The molecule has 1 fully saturated rings. The summed E-state index contributed by atoms with van der Waals surface area (Å²) in [5.41, 5.74) is 1.70. The average molecular weight is 167 g/mol. The van der Waals surface area contributed by atoms with E-state index in [2.05, 4.69) is 32.7 Å². The molecule has 70 valence electrons. The van der Waals surface area contributed by atoms with Gasteiger partial charge in [0.05, 0.1) is 0 Å². The summed E-state index contributed by atoms with van der Waals surface area (Å²) in [5.74, 6) is 0. The van der Waals surface area contributed by atoms with Crippen LogP contribution in [0.3, 0.4) is 0 Å². The van der Waals surface area contributed by atoms with Gasteiger partial charge in [0.25, 0.3) is 0 Å². The second kappa shape index (κ2) is 3.61. The molecule has 0 atom stereocenters. The van der Waals surface area contributed by atoms with Crippen LogP contribution in [0.15, 0.2) is 12.2 Å². The second-order valence-corrected chi connectivity index (χ2v) is 4.92. The molecule has 0 aromatic rings. The smallest absolute Gasteiger partial charge is 0.00991 e. The van der Waals surface area contributed by atoms with Crippen molar-refractivity contribution in [3.05, 3.63) is 12.2 Å². The van der Waals surface area contributed by atoms with Crippen LogP contribution in [0, 0.1) is 0 Å². The van der Waals surface area contributed by atoms with Gasteiger partial charge in [0, 0.05) is 11.6 Å². The Hall–Kier alpha value is -0.300. The third kappa shape index (κ3) is 3.40. The van der Waals surface area contributed by atoms with Crippen molar-refractivity contribution in [2.45, 2.75) is 58.0 Å². The third-order valence-electron chi connectivity index (χ3n) is 2.33. The lowest BCUT2D eigenvalue weighted by Gasteiger charge is -2.31. The van der Waals surface area contributed by atoms with E-state index in [1.807, 2.05) is 0 Å². The Bertz CT molecular complexity index is 154. The average Bonchev–Trinajstić information content (AvgIpc) is 1.91. The zero-order valence-corrected chi connectivity index (χ0v) is 8.61. The standard InChI is InChI=1S/C11H21N/c1-9-5-7-10(8-6-9)12-11(2,3)4/h10,12H,1,5-8H2,2-4H3. The SMILES string of the molecule is C=C1CCC(NC(C)(C)C)CC1.